The van der Waals surface area contributed by atoms with Crippen molar-refractivity contribution < 1.29 is 0 Å². The molecule has 0 unspecified atom stereocenters. The summed E-state index contributed by atoms with van der Waals surface area (Å²) in [5, 5.41) is 10.9. The van der Waals surface area contributed by atoms with Gasteiger partial charge in [-0.3, -0.25) is 10.3 Å². The van der Waals surface area contributed by atoms with E-state index < -0.39 is 0 Å². The first-order chi connectivity index (χ1) is 5.88. The predicted molar refractivity (Wildman–Crippen MR) is 47.7 cm³/mol. The van der Waals surface area contributed by atoms with Gasteiger partial charge >= 0.3 is 0 Å². The molecule has 0 aliphatic heterocycles. The molecule has 12 heavy (non-hydrogen) atoms. The van der Waals surface area contributed by atoms with E-state index in [0.29, 0.717) is 5.84 Å². The Morgan fingerprint density at radius 1 is 1.42 bits per heavy atom. The number of nitrogens with one attached hydrogen (secondary N) is 1. The molecule has 3 heteroatoms. The van der Waals surface area contributed by atoms with E-state index in [2.05, 4.69) is 10.3 Å². The van der Waals surface area contributed by atoms with Crippen LogP contribution in [0.15, 0.2) is 35.3 Å². The van der Waals surface area contributed by atoms with E-state index in [-0.39, 0.29) is 0 Å². The van der Waals surface area contributed by atoms with E-state index >= 15 is 0 Å². The summed E-state index contributed by atoms with van der Waals surface area (Å²) in [6.45, 7) is 0. The fraction of sp³-hybridized carbons (Fsp3) is 0.111. The van der Waals surface area contributed by atoms with Gasteiger partial charge in [0.05, 0.1) is 0 Å². The zero-order chi connectivity index (χ0) is 8.81. The second kappa shape index (κ2) is 4.14. The molecule has 0 saturated carbocycles. The van der Waals surface area contributed by atoms with Gasteiger partial charge < -0.3 is 0 Å². The van der Waals surface area contributed by atoms with Gasteiger partial charge in [-0.15, -0.1) is 0 Å². The molecule has 1 aromatic carbocycles. The van der Waals surface area contributed by atoms with Gasteiger partial charge in [0.15, 0.2) is 6.19 Å². The lowest BCUT2D eigenvalue weighted by atomic mass is 10.2. The maximum absolute atomic E-state index is 8.39. The van der Waals surface area contributed by atoms with Crippen LogP contribution in [0.1, 0.15) is 5.56 Å². The van der Waals surface area contributed by atoms with E-state index in [1.165, 1.54) is 0 Å². The van der Waals surface area contributed by atoms with Gasteiger partial charge in [-0.2, -0.15) is 5.26 Å². The van der Waals surface area contributed by atoms with E-state index in [1.807, 2.05) is 36.5 Å². The molecule has 0 amide bonds. The summed E-state index contributed by atoms with van der Waals surface area (Å²) in [6, 6.07) is 9.52. The molecule has 0 heterocycles. The van der Waals surface area contributed by atoms with E-state index in [1.54, 1.807) is 7.05 Å². The summed E-state index contributed by atoms with van der Waals surface area (Å²) < 4.78 is 0. The molecule has 0 radical (unpaired) electrons. The van der Waals surface area contributed by atoms with Gasteiger partial charge in [0.25, 0.3) is 0 Å². The van der Waals surface area contributed by atoms with Crippen LogP contribution in [0, 0.1) is 11.5 Å². The van der Waals surface area contributed by atoms with Crippen LogP contribution in [-0.4, -0.2) is 12.9 Å². The van der Waals surface area contributed by atoms with E-state index in [4.69, 9.17) is 5.26 Å². The predicted octanol–water partition coefficient (Wildman–Crippen LogP) is 1.13. The minimum absolute atomic E-state index is 0.595. The van der Waals surface area contributed by atoms with Crippen molar-refractivity contribution in [3.8, 4) is 6.19 Å². The second-order valence-electron chi connectivity index (χ2n) is 2.18. The van der Waals surface area contributed by atoms with Gasteiger partial charge in [-0.25, -0.2) is 0 Å². The highest BCUT2D eigenvalue weighted by Crippen LogP contribution is 1.98. The lowest BCUT2D eigenvalue weighted by Gasteiger charge is -2.00. The Kier molecular flexibility index (Phi) is 2.86. The minimum atomic E-state index is 0.595. The largest absolute Gasteiger partial charge is 0.277 e. The van der Waals surface area contributed by atoms with Crippen molar-refractivity contribution in [1.29, 1.82) is 5.26 Å². The molecule has 0 atom stereocenters. The summed E-state index contributed by atoms with van der Waals surface area (Å²) >= 11 is 0. The van der Waals surface area contributed by atoms with Crippen molar-refractivity contribution in [2.45, 2.75) is 0 Å². The van der Waals surface area contributed by atoms with Gasteiger partial charge in [0.2, 0.25) is 0 Å². The first-order valence-electron chi connectivity index (χ1n) is 3.56. The van der Waals surface area contributed by atoms with Gasteiger partial charge in [-0.05, 0) is 0 Å². The summed E-state index contributed by atoms with van der Waals surface area (Å²) in [4.78, 5) is 3.93. The Labute approximate surface area is 71.4 Å². The summed E-state index contributed by atoms with van der Waals surface area (Å²) in [5.74, 6) is 0.595. The topological polar surface area (TPSA) is 48.2 Å². The Hall–Kier alpha value is -1.82. The first kappa shape index (κ1) is 8.28. The quantitative estimate of drug-likeness (QED) is 0.289. The molecule has 3 nitrogen and oxygen atoms in total. The molecular formula is C9H9N3. The molecule has 0 aliphatic carbocycles. The standard InChI is InChI=1S/C9H9N3/c1-11-9(12-7-10)8-5-3-2-4-6-8/h2-6H,1H3,(H,11,12). The molecule has 1 rings (SSSR count). The third-order valence-electron chi connectivity index (χ3n) is 1.45. The van der Waals surface area contributed by atoms with Gasteiger partial charge in [0, 0.05) is 12.6 Å². The van der Waals surface area contributed by atoms with Crippen LogP contribution in [-0.2, 0) is 0 Å². The minimum Gasteiger partial charge on any atom is -0.277 e. The normalized spacial score (nSPS) is 10.5. The van der Waals surface area contributed by atoms with Crippen LogP contribution in [0.3, 0.4) is 0 Å². The first-order valence-corrected chi connectivity index (χ1v) is 3.56. The summed E-state index contributed by atoms with van der Waals surface area (Å²) in [5.41, 5.74) is 0.918. The number of nitriles is 1. The molecule has 1 aromatic rings. The average molecular weight is 159 g/mol. The Morgan fingerprint density at radius 3 is 2.58 bits per heavy atom. The third kappa shape index (κ3) is 1.83. The number of rotatable bonds is 1. The SMILES string of the molecule is CN=C(NC#N)c1ccccc1. The smallest absolute Gasteiger partial charge is 0.182 e. The molecule has 0 aromatic heterocycles. The number of aliphatic imine (C=N–C) groups is 1. The number of hydrogen-bond donors (Lipinski definition) is 1. The van der Waals surface area contributed by atoms with Crippen LogP contribution in [0.5, 0.6) is 0 Å². The molecule has 0 aliphatic rings. The molecule has 0 bridgehead atoms. The monoisotopic (exact) mass is 159 g/mol. The molecule has 0 fully saturated rings. The number of amidine groups is 1. The molecule has 60 valence electrons. The highest BCUT2D eigenvalue weighted by molar-refractivity contribution is 5.99. The number of nitrogens with zero attached hydrogens (tertiary/aromatic N) is 2. The lowest BCUT2D eigenvalue weighted by molar-refractivity contribution is 1.22. The van der Waals surface area contributed by atoms with Gasteiger partial charge in [0.1, 0.15) is 5.84 Å². The van der Waals surface area contributed by atoms with E-state index in [0.717, 1.165) is 5.56 Å². The van der Waals surface area contributed by atoms with Gasteiger partial charge in [-0.1, -0.05) is 30.3 Å². The van der Waals surface area contributed by atoms with Crippen LogP contribution in [0.4, 0.5) is 0 Å². The Bertz CT molecular complexity index is 308. The van der Waals surface area contributed by atoms with Crippen molar-refractivity contribution in [2.75, 3.05) is 7.05 Å². The zero-order valence-electron chi connectivity index (χ0n) is 6.78. The number of benzene rings is 1. The Morgan fingerprint density at radius 2 is 2.08 bits per heavy atom. The van der Waals surface area contributed by atoms with Crippen LogP contribution < -0.4 is 5.32 Å². The molecular weight excluding hydrogens is 150 g/mol. The second-order valence-corrected chi connectivity index (χ2v) is 2.18. The number of hydrogen-bond acceptors (Lipinski definition) is 2. The zero-order valence-corrected chi connectivity index (χ0v) is 6.78. The third-order valence-corrected chi connectivity index (χ3v) is 1.45. The van der Waals surface area contributed by atoms with Crippen molar-refractivity contribution in [2.24, 2.45) is 4.99 Å². The van der Waals surface area contributed by atoms with Crippen molar-refractivity contribution in [3.05, 3.63) is 35.9 Å². The highest BCUT2D eigenvalue weighted by Gasteiger charge is 1.97. The van der Waals surface area contributed by atoms with Crippen LogP contribution in [0.25, 0.3) is 0 Å². The molecule has 0 saturated heterocycles. The molecule has 0 spiro atoms. The maximum Gasteiger partial charge on any atom is 0.182 e. The highest BCUT2D eigenvalue weighted by atomic mass is 15.0. The summed E-state index contributed by atoms with van der Waals surface area (Å²) in [7, 11) is 1.65. The fourth-order valence-corrected chi connectivity index (χ4v) is 0.906. The van der Waals surface area contributed by atoms with E-state index in [9.17, 15) is 0 Å². The van der Waals surface area contributed by atoms with Crippen molar-refractivity contribution in [1.82, 2.24) is 5.32 Å². The van der Waals surface area contributed by atoms with Crippen LogP contribution >= 0.6 is 0 Å². The average Bonchev–Trinajstić information content (AvgIpc) is 2.15. The maximum atomic E-state index is 8.39. The Balaban J connectivity index is 2.91. The van der Waals surface area contributed by atoms with Crippen LogP contribution in [0.2, 0.25) is 0 Å². The summed E-state index contributed by atoms with van der Waals surface area (Å²) in [6.07, 6.45) is 1.84. The van der Waals surface area contributed by atoms with Crippen molar-refractivity contribution in [3.63, 3.8) is 0 Å². The fourth-order valence-electron chi connectivity index (χ4n) is 0.906. The molecule has 1 N–H and O–H groups in total. The van der Waals surface area contributed by atoms with Crippen molar-refractivity contribution >= 4 is 5.84 Å². The lowest BCUT2D eigenvalue weighted by Crippen LogP contribution is -2.18.